The minimum Gasteiger partial charge on any atom is -0.374 e. The average Bonchev–Trinajstić information content (AvgIpc) is 2.10. The second kappa shape index (κ2) is 4.94. The molecule has 1 unspecified atom stereocenters. The van der Waals surface area contributed by atoms with E-state index in [1.165, 1.54) is 0 Å². The Morgan fingerprint density at radius 1 is 1.53 bits per heavy atom. The fraction of sp³-hybridized carbons (Fsp3) is 0.909. The van der Waals surface area contributed by atoms with Crippen molar-refractivity contribution in [1.82, 2.24) is 10.2 Å². The third-order valence-corrected chi connectivity index (χ3v) is 2.41. The molecular weight excluding hydrogens is 192 g/mol. The molecule has 1 heterocycles. The van der Waals surface area contributed by atoms with E-state index in [1.54, 1.807) is 0 Å². The largest absolute Gasteiger partial charge is 0.374 e. The van der Waals surface area contributed by atoms with Gasteiger partial charge in [0.1, 0.15) is 0 Å². The lowest BCUT2D eigenvalue weighted by Gasteiger charge is -2.32. The van der Waals surface area contributed by atoms with Crippen LogP contribution in [0.4, 0.5) is 0 Å². The quantitative estimate of drug-likeness (QED) is 0.749. The molecule has 0 saturated carbocycles. The molecule has 0 aromatic rings. The number of nitrogens with zero attached hydrogens (tertiary/aromatic N) is 1. The SMILES string of the molecule is CC1NCCN(CCOC(C)(C)C)C1=O. The van der Waals surface area contributed by atoms with Crippen LogP contribution in [0.5, 0.6) is 0 Å². The van der Waals surface area contributed by atoms with Crippen molar-refractivity contribution >= 4 is 5.91 Å². The summed E-state index contributed by atoms with van der Waals surface area (Å²) in [7, 11) is 0. The first kappa shape index (κ1) is 12.5. The van der Waals surface area contributed by atoms with E-state index in [2.05, 4.69) is 5.32 Å². The summed E-state index contributed by atoms with van der Waals surface area (Å²) < 4.78 is 5.60. The first-order chi connectivity index (χ1) is 6.90. The topological polar surface area (TPSA) is 41.6 Å². The molecule has 4 nitrogen and oxygen atoms in total. The smallest absolute Gasteiger partial charge is 0.239 e. The molecule has 1 amide bonds. The van der Waals surface area contributed by atoms with Gasteiger partial charge in [0.15, 0.2) is 0 Å². The Kier molecular flexibility index (Phi) is 4.11. The minimum atomic E-state index is -0.122. The first-order valence-electron chi connectivity index (χ1n) is 5.56. The van der Waals surface area contributed by atoms with Crippen molar-refractivity contribution in [2.45, 2.75) is 39.3 Å². The highest BCUT2D eigenvalue weighted by atomic mass is 16.5. The molecule has 1 N–H and O–H groups in total. The van der Waals surface area contributed by atoms with E-state index in [1.807, 2.05) is 32.6 Å². The third kappa shape index (κ3) is 4.18. The molecule has 0 spiro atoms. The molecule has 0 aromatic heterocycles. The molecule has 88 valence electrons. The lowest BCUT2D eigenvalue weighted by molar-refractivity contribution is -0.136. The van der Waals surface area contributed by atoms with E-state index < -0.39 is 0 Å². The maximum atomic E-state index is 11.7. The van der Waals surface area contributed by atoms with Crippen molar-refractivity contribution in [3.63, 3.8) is 0 Å². The minimum absolute atomic E-state index is 0.0478. The van der Waals surface area contributed by atoms with Crippen LogP contribution in [0.3, 0.4) is 0 Å². The van der Waals surface area contributed by atoms with Gasteiger partial charge in [0, 0.05) is 19.6 Å². The summed E-state index contributed by atoms with van der Waals surface area (Å²) in [5.74, 6) is 0.179. The van der Waals surface area contributed by atoms with Gasteiger partial charge in [-0.2, -0.15) is 0 Å². The monoisotopic (exact) mass is 214 g/mol. The van der Waals surface area contributed by atoms with Crippen molar-refractivity contribution in [3.8, 4) is 0 Å². The van der Waals surface area contributed by atoms with E-state index in [0.717, 1.165) is 13.1 Å². The van der Waals surface area contributed by atoms with E-state index in [9.17, 15) is 4.79 Å². The summed E-state index contributed by atoms with van der Waals surface area (Å²) in [6, 6.07) is -0.0478. The molecule has 0 aromatic carbocycles. The standard InChI is InChI=1S/C11H22N2O2/c1-9-10(14)13(6-5-12-9)7-8-15-11(2,3)4/h9,12H,5-8H2,1-4H3. The molecule has 0 aliphatic carbocycles. The summed E-state index contributed by atoms with van der Waals surface area (Å²) in [6.07, 6.45) is 0. The Hall–Kier alpha value is -0.610. The number of carbonyl (C=O) groups is 1. The summed E-state index contributed by atoms with van der Waals surface area (Å²) in [5.41, 5.74) is -0.122. The normalized spacial score (nSPS) is 23.3. The maximum Gasteiger partial charge on any atom is 0.239 e. The molecule has 0 bridgehead atoms. The number of carbonyl (C=O) groups excluding carboxylic acids is 1. The van der Waals surface area contributed by atoms with Crippen molar-refractivity contribution in [2.24, 2.45) is 0 Å². The molecule has 4 heteroatoms. The number of hydrogen-bond acceptors (Lipinski definition) is 3. The number of hydrogen-bond donors (Lipinski definition) is 1. The van der Waals surface area contributed by atoms with Crippen LogP contribution < -0.4 is 5.32 Å². The van der Waals surface area contributed by atoms with Crippen LogP contribution in [0.15, 0.2) is 0 Å². The zero-order valence-electron chi connectivity index (χ0n) is 10.2. The van der Waals surface area contributed by atoms with Crippen LogP contribution in [-0.4, -0.2) is 48.7 Å². The van der Waals surface area contributed by atoms with Gasteiger partial charge >= 0.3 is 0 Å². The molecule has 1 fully saturated rings. The van der Waals surface area contributed by atoms with Crippen LogP contribution >= 0.6 is 0 Å². The predicted molar refractivity (Wildman–Crippen MR) is 59.7 cm³/mol. The molecular formula is C11H22N2O2. The summed E-state index contributed by atoms with van der Waals surface area (Å²) >= 11 is 0. The van der Waals surface area contributed by atoms with Crippen LogP contribution in [0.2, 0.25) is 0 Å². The fourth-order valence-electron chi connectivity index (χ4n) is 1.57. The van der Waals surface area contributed by atoms with Crippen molar-refractivity contribution in [1.29, 1.82) is 0 Å². The second-order valence-corrected chi connectivity index (χ2v) is 4.96. The molecule has 1 atom stereocenters. The first-order valence-corrected chi connectivity index (χ1v) is 5.56. The van der Waals surface area contributed by atoms with Gasteiger partial charge in [-0.05, 0) is 27.7 Å². The average molecular weight is 214 g/mol. The zero-order chi connectivity index (χ0) is 11.5. The highest BCUT2D eigenvalue weighted by molar-refractivity contribution is 5.82. The second-order valence-electron chi connectivity index (χ2n) is 4.96. The molecule has 0 radical (unpaired) electrons. The van der Waals surface area contributed by atoms with E-state index in [-0.39, 0.29) is 17.6 Å². The van der Waals surface area contributed by atoms with Crippen molar-refractivity contribution < 1.29 is 9.53 Å². The molecule has 1 saturated heterocycles. The van der Waals surface area contributed by atoms with Gasteiger partial charge in [0.25, 0.3) is 0 Å². The van der Waals surface area contributed by atoms with E-state index in [0.29, 0.717) is 13.2 Å². The molecule has 15 heavy (non-hydrogen) atoms. The van der Waals surface area contributed by atoms with Crippen molar-refractivity contribution in [2.75, 3.05) is 26.2 Å². The Bertz CT molecular complexity index is 223. The summed E-state index contributed by atoms with van der Waals surface area (Å²) in [4.78, 5) is 13.6. The summed E-state index contributed by atoms with van der Waals surface area (Å²) in [6.45, 7) is 10.9. The number of amides is 1. The van der Waals surface area contributed by atoms with Gasteiger partial charge in [0.2, 0.25) is 5.91 Å². The van der Waals surface area contributed by atoms with Crippen molar-refractivity contribution in [3.05, 3.63) is 0 Å². The van der Waals surface area contributed by atoms with Gasteiger partial charge < -0.3 is 15.0 Å². The Morgan fingerprint density at radius 3 is 2.80 bits per heavy atom. The number of rotatable bonds is 3. The Balaban J connectivity index is 2.29. The fourth-order valence-corrected chi connectivity index (χ4v) is 1.57. The van der Waals surface area contributed by atoms with Crippen LogP contribution in [0.1, 0.15) is 27.7 Å². The van der Waals surface area contributed by atoms with Gasteiger partial charge in [0.05, 0.1) is 18.2 Å². The van der Waals surface area contributed by atoms with Gasteiger partial charge in [-0.15, -0.1) is 0 Å². The van der Waals surface area contributed by atoms with E-state index in [4.69, 9.17) is 4.74 Å². The number of ether oxygens (including phenoxy) is 1. The van der Waals surface area contributed by atoms with Gasteiger partial charge in [-0.25, -0.2) is 0 Å². The number of nitrogens with one attached hydrogen (secondary N) is 1. The van der Waals surface area contributed by atoms with Crippen LogP contribution in [0, 0.1) is 0 Å². The summed E-state index contributed by atoms with van der Waals surface area (Å²) in [5, 5.41) is 3.14. The lowest BCUT2D eigenvalue weighted by Crippen LogP contribution is -2.54. The number of piperazine rings is 1. The zero-order valence-corrected chi connectivity index (χ0v) is 10.2. The highest BCUT2D eigenvalue weighted by Crippen LogP contribution is 2.07. The Morgan fingerprint density at radius 2 is 2.20 bits per heavy atom. The van der Waals surface area contributed by atoms with Gasteiger partial charge in [-0.1, -0.05) is 0 Å². The Labute approximate surface area is 92.0 Å². The van der Waals surface area contributed by atoms with E-state index >= 15 is 0 Å². The third-order valence-electron chi connectivity index (χ3n) is 2.41. The predicted octanol–water partition coefficient (Wildman–Crippen LogP) is 0.622. The highest BCUT2D eigenvalue weighted by Gasteiger charge is 2.24. The van der Waals surface area contributed by atoms with Crippen LogP contribution in [0.25, 0.3) is 0 Å². The lowest BCUT2D eigenvalue weighted by atomic mass is 10.2. The van der Waals surface area contributed by atoms with Crippen LogP contribution in [-0.2, 0) is 9.53 Å². The van der Waals surface area contributed by atoms with Gasteiger partial charge in [-0.3, -0.25) is 4.79 Å². The maximum absolute atomic E-state index is 11.7. The molecule has 1 rings (SSSR count). The molecule has 1 aliphatic rings. The molecule has 1 aliphatic heterocycles.